The van der Waals surface area contributed by atoms with Crippen LogP contribution < -0.4 is 10.5 Å². The van der Waals surface area contributed by atoms with E-state index in [2.05, 4.69) is 11.6 Å². The molecule has 0 amide bonds. The number of piperidine rings is 1. The molecule has 0 aromatic rings. The molecular formula is C10H22N4O2S. The highest BCUT2D eigenvalue weighted by Crippen LogP contribution is 2.17. The summed E-state index contributed by atoms with van der Waals surface area (Å²) in [5.74, 6) is 0.399. The topological polar surface area (TPSA) is 99.3 Å². The molecule has 0 bridgehead atoms. The number of rotatable bonds is 5. The summed E-state index contributed by atoms with van der Waals surface area (Å²) in [6.45, 7) is 4.92. The summed E-state index contributed by atoms with van der Waals surface area (Å²) in [6, 6.07) is -0.338. The standard InChI is InChI=1S/C10H22N4O2S/c1-8-4-3-5-14(7-8)17(15,16)13-9(2)6-10(11)12/h8-9,13H,3-7H2,1-2H3,(H3,11,12). The first kappa shape index (κ1) is 14.4. The molecule has 7 heteroatoms. The Kier molecular flexibility index (Phi) is 4.91. The molecule has 1 saturated heterocycles. The highest BCUT2D eigenvalue weighted by molar-refractivity contribution is 7.87. The molecule has 1 aliphatic heterocycles. The van der Waals surface area contributed by atoms with Crippen molar-refractivity contribution < 1.29 is 8.42 Å². The lowest BCUT2D eigenvalue weighted by molar-refractivity contribution is 0.277. The van der Waals surface area contributed by atoms with E-state index in [-0.39, 0.29) is 18.3 Å². The maximum atomic E-state index is 12.0. The Hall–Kier alpha value is -0.660. The largest absolute Gasteiger partial charge is 0.388 e. The third-order valence-corrected chi connectivity index (χ3v) is 4.55. The fraction of sp³-hybridized carbons (Fsp3) is 0.900. The van der Waals surface area contributed by atoms with Gasteiger partial charge in [-0.2, -0.15) is 17.4 Å². The van der Waals surface area contributed by atoms with Gasteiger partial charge in [0.25, 0.3) is 10.2 Å². The summed E-state index contributed by atoms with van der Waals surface area (Å²) < 4.78 is 28.1. The number of hydrogen-bond donors (Lipinski definition) is 3. The van der Waals surface area contributed by atoms with Crippen LogP contribution in [0.3, 0.4) is 0 Å². The Morgan fingerprint density at radius 3 is 2.82 bits per heavy atom. The van der Waals surface area contributed by atoms with Gasteiger partial charge in [0.1, 0.15) is 0 Å². The fourth-order valence-electron chi connectivity index (χ4n) is 2.06. The van der Waals surface area contributed by atoms with Gasteiger partial charge in [-0.25, -0.2) is 0 Å². The molecule has 4 N–H and O–H groups in total. The molecule has 0 aromatic heterocycles. The van der Waals surface area contributed by atoms with E-state index in [1.54, 1.807) is 6.92 Å². The summed E-state index contributed by atoms with van der Waals surface area (Å²) >= 11 is 0. The lowest BCUT2D eigenvalue weighted by atomic mass is 10.0. The molecule has 1 aliphatic rings. The second-order valence-electron chi connectivity index (χ2n) is 4.86. The maximum Gasteiger partial charge on any atom is 0.279 e. The van der Waals surface area contributed by atoms with Gasteiger partial charge >= 0.3 is 0 Å². The highest BCUT2D eigenvalue weighted by Gasteiger charge is 2.28. The second-order valence-corrected chi connectivity index (χ2v) is 6.56. The Bertz CT molecular complexity index is 369. The molecule has 100 valence electrons. The zero-order valence-electron chi connectivity index (χ0n) is 10.4. The zero-order chi connectivity index (χ0) is 13.1. The van der Waals surface area contributed by atoms with Crippen LogP contribution in [0.4, 0.5) is 0 Å². The lowest BCUT2D eigenvalue weighted by Crippen LogP contribution is -2.48. The van der Waals surface area contributed by atoms with Crippen molar-refractivity contribution >= 4 is 16.0 Å². The van der Waals surface area contributed by atoms with Crippen molar-refractivity contribution in [1.29, 1.82) is 5.41 Å². The summed E-state index contributed by atoms with van der Waals surface area (Å²) in [7, 11) is -3.43. The number of nitrogens with two attached hydrogens (primary N) is 1. The number of hydrogen-bond acceptors (Lipinski definition) is 3. The molecule has 1 rings (SSSR count). The van der Waals surface area contributed by atoms with Crippen molar-refractivity contribution in [2.45, 2.75) is 39.2 Å². The minimum absolute atomic E-state index is 0.00721. The predicted molar refractivity (Wildman–Crippen MR) is 68.0 cm³/mol. The van der Waals surface area contributed by atoms with Crippen molar-refractivity contribution in [2.24, 2.45) is 11.7 Å². The summed E-state index contributed by atoms with van der Waals surface area (Å²) in [5.41, 5.74) is 5.25. The SMILES string of the molecule is CC1CCCN(S(=O)(=O)NC(C)CC(=N)N)C1. The molecular weight excluding hydrogens is 240 g/mol. The van der Waals surface area contributed by atoms with E-state index >= 15 is 0 Å². The van der Waals surface area contributed by atoms with Crippen molar-refractivity contribution in [3.8, 4) is 0 Å². The van der Waals surface area contributed by atoms with Crippen LogP contribution in [0.15, 0.2) is 0 Å². The van der Waals surface area contributed by atoms with Gasteiger partial charge in [0.05, 0.1) is 5.84 Å². The van der Waals surface area contributed by atoms with Gasteiger partial charge in [0, 0.05) is 25.6 Å². The summed E-state index contributed by atoms with van der Waals surface area (Å²) in [5, 5.41) is 7.14. The number of nitrogens with zero attached hydrogens (tertiary/aromatic N) is 1. The molecule has 0 saturated carbocycles. The molecule has 1 fully saturated rings. The van der Waals surface area contributed by atoms with E-state index in [4.69, 9.17) is 11.1 Å². The average molecular weight is 262 g/mol. The van der Waals surface area contributed by atoms with E-state index < -0.39 is 10.2 Å². The Morgan fingerprint density at radius 2 is 2.29 bits per heavy atom. The third-order valence-electron chi connectivity index (χ3n) is 2.84. The Balaban J connectivity index is 2.58. The Labute approximate surface area is 103 Å². The molecule has 0 radical (unpaired) electrons. The van der Waals surface area contributed by atoms with Crippen LogP contribution in [-0.4, -0.2) is 37.7 Å². The first-order valence-corrected chi connectivity index (χ1v) is 7.35. The molecule has 2 atom stereocenters. The average Bonchev–Trinajstić information content (AvgIpc) is 2.15. The predicted octanol–water partition coefficient (Wildman–Crippen LogP) is 0.267. The molecule has 17 heavy (non-hydrogen) atoms. The molecule has 6 nitrogen and oxygen atoms in total. The third kappa shape index (κ3) is 4.61. The van der Waals surface area contributed by atoms with Gasteiger partial charge in [-0.15, -0.1) is 0 Å². The van der Waals surface area contributed by atoms with E-state index in [1.165, 1.54) is 4.31 Å². The number of nitrogens with one attached hydrogen (secondary N) is 2. The summed E-state index contributed by atoms with van der Waals surface area (Å²) in [6.07, 6.45) is 2.22. The maximum absolute atomic E-state index is 12.0. The van der Waals surface area contributed by atoms with Gasteiger partial charge in [-0.1, -0.05) is 6.92 Å². The monoisotopic (exact) mass is 262 g/mol. The van der Waals surface area contributed by atoms with Crippen molar-refractivity contribution in [2.75, 3.05) is 13.1 Å². The van der Waals surface area contributed by atoms with Gasteiger partial charge in [-0.3, -0.25) is 5.41 Å². The van der Waals surface area contributed by atoms with Gasteiger partial charge in [-0.05, 0) is 25.7 Å². The van der Waals surface area contributed by atoms with Crippen molar-refractivity contribution in [1.82, 2.24) is 9.03 Å². The molecule has 0 aromatic carbocycles. The second kappa shape index (κ2) is 5.79. The van der Waals surface area contributed by atoms with Crippen LogP contribution >= 0.6 is 0 Å². The van der Waals surface area contributed by atoms with E-state index in [1.807, 2.05) is 0 Å². The molecule has 0 aliphatic carbocycles. The van der Waals surface area contributed by atoms with Crippen LogP contribution in [-0.2, 0) is 10.2 Å². The van der Waals surface area contributed by atoms with E-state index in [9.17, 15) is 8.42 Å². The van der Waals surface area contributed by atoms with E-state index in [0.717, 1.165) is 12.8 Å². The van der Waals surface area contributed by atoms with Crippen LogP contribution in [0.1, 0.15) is 33.1 Å². The van der Waals surface area contributed by atoms with Gasteiger partial charge in [0.15, 0.2) is 0 Å². The molecule has 2 unspecified atom stereocenters. The quantitative estimate of drug-likeness (QED) is 0.489. The first-order chi connectivity index (χ1) is 7.81. The summed E-state index contributed by atoms with van der Waals surface area (Å²) in [4.78, 5) is 0. The highest BCUT2D eigenvalue weighted by atomic mass is 32.2. The minimum atomic E-state index is -3.43. The normalized spacial score (nSPS) is 24.5. The first-order valence-electron chi connectivity index (χ1n) is 5.91. The minimum Gasteiger partial charge on any atom is -0.388 e. The Morgan fingerprint density at radius 1 is 1.65 bits per heavy atom. The van der Waals surface area contributed by atoms with Crippen LogP contribution in [0.25, 0.3) is 0 Å². The lowest BCUT2D eigenvalue weighted by Gasteiger charge is -2.31. The van der Waals surface area contributed by atoms with Gasteiger partial charge in [0.2, 0.25) is 0 Å². The van der Waals surface area contributed by atoms with Crippen LogP contribution in [0, 0.1) is 11.3 Å². The van der Waals surface area contributed by atoms with Crippen molar-refractivity contribution in [3.05, 3.63) is 0 Å². The molecule has 0 spiro atoms. The fourth-order valence-corrected chi connectivity index (χ4v) is 3.63. The number of amidine groups is 1. The van der Waals surface area contributed by atoms with E-state index in [0.29, 0.717) is 19.0 Å². The molecule has 1 heterocycles. The van der Waals surface area contributed by atoms with Crippen LogP contribution in [0.2, 0.25) is 0 Å². The zero-order valence-corrected chi connectivity index (χ0v) is 11.3. The van der Waals surface area contributed by atoms with Gasteiger partial charge < -0.3 is 5.73 Å². The van der Waals surface area contributed by atoms with Crippen LogP contribution in [0.5, 0.6) is 0 Å². The van der Waals surface area contributed by atoms with Crippen molar-refractivity contribution in [3.63, 3.8) is 0 Å². The smallest absolute Gasteiger partial charge is 0.279 e.